The molecule has 1 heterocycles. The highest BCUT2D eigenvalue weighted by Gasteiger charge is 2.21. The van der Waals surface area contributed by atoms with E-state index in [1.165, 1.54) is 0 Å². The number of carbonyl (C=O) groups excluding carboxylic acids is 1. The van der Waals surface area contributed by atoms with Crippen molar-refractivity contribution in [3.63, 3.8) is 0 Å². The maximum absolute atomic E-state index is 12.2. The number of benzene rings is 1. The first-order chi connectivity index (χ1) is 10.0. The van der Waals surface area contributed by atoms with Crippen molar-refractivity contribution in [2.75, 3.05) is 19.7 Å². The van der Waals surface area contributed by atoms with Crippen LogP contribution >= 0.6 is 0 Å². The molecule has 1 fully saturated rings. The lowest BCUT2D eigenvalue weighted by Crippen LogP contribution is -2.40. The second-order valence-electron chi connectivity index (χ2n) is 6.14. The molecule has 1 aromatic carbocycles. The monoisotopic (exact) mass is 291 g/mol. The first kappa shape index (κ1) is 15.8. The zero-order chi connectivity index (χ0) is 15.2. The molecule has 1 amide bonds. The molecule has 1 aromatic rings. The third-order valence-corrected chi connectivity index (χ3v) is 3.68. The van der Waals surface area contributed by atoms with Gasteiger partial charge in [0.1, 0.15) is 5.75 Å². The predicted octanol–water partition coefficient (Wildman–Crippen LogP) is 2.25. The average Bonchev–Trinajstić information content (AvgIpc) is 2.47. The third-order valence-electron chi connectivity index (χ3n) is 3.68. The summed E-state index contributed by atoms with van der Waals surface area (Å²) in [5, 5.41) is 9.47. The van der Waals surface area contributed by atoms with E-state index in [4.69, 9.17) is 4.74 Å². The zero-order valence-electron chi connectivity index (χ0n) is 12.9. The molecule has 0 aliphatic carbocycles. The second kappa shape index (κ2) is 7.46. The van der Waals surface area contributed by atoms with Crippen molar-refractivity contribution < 1.29 is 14.6 Å². The number of hydrogen-bond acceptors (Lipinski definition) is 3. The molecule has 4 nitrogen and oxygen atoms in total. The van der Waals surface area contributed by atoms with Crippen LogP contribution < -0.4 is 4.74 Å². The molecular formula is C17H25NO3. The Morgan fingerprint density at radius 2 is 1.90 bits per heavy atom. The van der Waals surface area contributed by atoms with Crippen LogP contribution in [0.5, 0.6) is 5.75 Å². The lowest BCUT2D eigenvalue weighted by Gasteiger charge is -2.29. The summed E-state index contributed by atoms with van der Waals surface area (Å²) in [5.41, 5.74) is 1.00. The summed E-state index contributed by atoms with van der Waals surface area (Å²) in [5.74, 6) is 1.49. The minimum Gasteiger partial charge on any atom is -0.493 e. The fourth-order valence-electron chi connectivity index (χ4n) is 2.37. The van der Waals surface area contributed by atoms with Crippen molar-refractivity contribution in [1.29, 1.82) is 0 Å². The van der Waals surface area contributed by atoms with Gasteiger partial charge in [-0.15, -0.1) is 0 Å². The summed E-state index contributed by atoms with van der Waals surface area (Å²) in [4.78, 5) is 14.0. The molecule has 0 aromatic heterocycles. The Bertz CT molecular complexity index is 448. The Morgan fingerprint density at radius 1 is 1.29 bits per heavy atom. The number of hydrogen-bond donors (Lipinski definition) is 1. The number of amides is 1. The summed E-state index contributed by atoms with van der Waals surface area (Å²) >= 11 is 0. The van der Waals surface area contributed by atoms with E-state index in [1.807, 2.05) is 29.2 Å². The maximum atomic E-state index is 12.2. The van der Waals surface area contributed by atoms with Crippen molar-refractivity contribution in [2.24, 2.45) is 5.92 Å². The standard InChI is InChI=1S/C17H25NO3/c1-13(2)12-21-16-5-3-14(4-6-16)11-17(20)18-9-7-15(19)8-10-18/h3-6,13,15,19H,7-12H2,1-2H3. The SMILES string of the molecule is CC(C)COc1ccc(CC(=O)N2CCC(O)CC2)cc1. The van der Waals surface area contributed by atoms with Gasteiger partial charge in [-0.05, 0) is 36.5 Å². The zero-order valence-corrected chi connectivity index (χ0v) is 12.9. The van der Waals surface area contributed by atoms with Gasteiger partial charge in [-0.1, -0.05) is 26.0 Å². The molecule has 21 heavy (non-hydrogen) atoms. The van der Waals surface area contributed by atoms with E-state index in [0.29, 0.717) is 44.9 Å². The molecule has 116 valence electrons. The van der Waals surface area contributed by atoms with E-state index >= 15 is 0 Å². The molecule has 0 bridgehead atoms. The molecule has 4 heteroatoms. The Balaban J connectivity index is 1.83. The van der Waals surface area contributed by atoms with Crippen molar-refractivity contribution in [3.8, 4) is 5.75 Å². The predicted molar refractivity (Wildman–Crippen MR) is 82.3 cm³/mol. The van der Waals surface area contributed by atoms with Crippen LogP contribution in [0.15, 0.2) is 24.3 Å². The number of aliphatic hydroxyl groups is 1. The summed E-state index contributed by atoms with van der Waals surface area (Å²) in [6.45, 7) is 6.25. The van der Waals surface area contributed by atoms with Crippen LogP contribution in [0.1, 0.15) is 32.3 Å². The average molecular weight is 291 g/mol. The van der Waals surface area contributed by atoms with Crippen LogP contribution in [-0.4, -0.2) is 41.7 Å². The van der Waals surface area contributed by atoms with Gasteiger partial charge in [0.25, 0.3) is 0 Å². The summed E-state index contributed by atoms with van der Waals surface area (Å²) in [6, 6.07) is 7.74. The van der Waals surface area contributed by atoms with Gasteiger partial charge >= 0.3 is 0 Å². The third kappa shape index (κ3) is 5.05. The van der Waals surface area contributed by atoms with Crippen molar-refractivity contribution >= 4 is 5.91 Å². The molecule has 0 atom stereocenters. The van der Waals surface area contributed by atoms with Crippen LogP contribution in [-0.2, 0) is 11.2 Å². The van der Waals surface area contributed by atoms with Crippen LogP contribution in [0.2, 0.25) is 0 Å². The van der Waals surface area contributed by atoms with Crippen LogP contribution in [0, 0.1) is 5.92 Å². The first-order valence-electron chi connectivity index (χ1n) is 7.72. The highest BCUT2D eigenvalue weighted by molar-refractivity contribution is 5.78. The Labute approximate surface area is 126 Å². The molecule has 1 aliphatic rings. The van der Waals surface area contributed by atoms with Gasteiger partial charge in [-0.25, -0.2) is 0 Å². The fourth-order valence-corrected chi connectivity index (χ4v) is 2.37. The molecule has 0 radical (unpaired) electrons. The number of ether oxygens (including phenoxy) is 1. The molecular weight excluding hydrogens is 266 g/mol. The highest BCUT2D eigenvalue weighted by atomic mass is 16.5. The van der Waals surface area contributed by atoms with E-state index in [1.54, 1.807) is 0 Å². The quantitative estimate of drug-likeness (QED) is 0.905. The van der Waals surface area contributed by atoms with Gasteiger partial charge in [0.2, 0.25) is 5.91 Å². The Kier molecular flexibility index (Phi) is 5.62. The summed E-state index contributed by atoms with van der Waals surface area (Å²) in [7, 11) is 0. The van der Waals surface area contributed by atoms with E-state index in [2.05, 4.69) is 13.8 Å². The topological polar surface area (TPSA) is 49.8 Å². The maximum Gasteiger partial charge on any atom is 0.226 e. The van der Waals surface area contributed by atoms with Crippen molar-refractivity contribution in [2.45, 2.75) is 39.2 Å². The second-order valence-corrected chi connectivity index (χ2v) is 6.14. The molecule has 0 saturated carbocycles. The summed E-state index contributed by atoms with van der Waals surface area (Å²) in [6.07, 6.45) is 1.55. The minimum absolute atomic E-state index is 0.137. The van der Waals surface area contributed by atoms with Gasteiger partial charge in [-0.3, -0.25) is 4.79 Å². The van der Waals surface area contributed by atoms with E-state index < -0.39 is 0 Å². The molecule has 0 spiro atoms. The number of likely N-dealkylation sites (tertiary alicyclic amines) is 1. The number of aliphatic hydroxyl groups excluding tert-OH is 1. The van der Waals surface area contributed by atoms with Crippen LogP contribution in [0.3, 0.4) is 0 Å². The number of carbonyl (C=O) groups is 1. The highest BCUT2D eigenvalue weighted by Crippen LogP contribution is 2.16. The lowest BCUT2D eigenvalue weighted by molar-refractivity contribution is -0.132. The van der Waals surface area contributed by atoms with Crippen molar-refractivity contribution in [1.82, 2.24) is 4.90 Å². The molecule has 0 unspecified atom stereocenters. The molecule has 2 rings (SSSR count). The van der Waals surface area contributed by atoms with E-state index in [-0.39, 0.29) is 12.0 Å². The largest absolute Gasteiger partial charge is 0.493 e. The van der Waals surface area contributed by atoms with Gasteiger partial charge < -0.3 is 14.7 Å². The van der Waals surface area contributed by atoms with Crippen molar-refractivity contribution in [3.05, 3.63) is 29.8 Å². The molecule has 1 N–H and O–H groups in total. The Hall–Kier alpha value is -1.55. The van der Waals surface area contributed by atoms with E-state index in [9.17, 15) is 9.90 Å². The normalized spacial score (nSPS) is 16.3. The lowest BCUT2D eigenvalue weighted by atomic mass is 10.1. The summed E-state index contributed by atoms with van der Waals surface area (Å²) < 4.78 is 5.63. The smallest absolute Gasteiger partial charge is 0.226 e. The van der Waals surface area contributed by atoms with Gasteiger partial charge in [0.05, 0.1) is 19.1 Å². The number of piperidine rings is 1. The number of rotatable bonds is 5. The minimum atomic E-state index is -0.244. The van der Waals surface area contributed by atoms with Crippen LogP contribution in [0.4, 0.5) is 0 Å². The molecule has 1 aliphatic heterocycles. The van der Waals surface area contributed by atoms with Gasteiger partial charge in [0, 0.05) is 13.1 Å². The fraction of sp³-hybridized carbons (Fsp3) is 0.588. The van der Waals surface area contributed by atoms with E-state index in [0.717, 1.165) is 11.3 Å². The van der Waals surface area contributed by atoms with Gasteiger partial charge in [-0.2, -0.15) is 0 Å². The molecule has 1 saturated heterocycles. The van der Waals surface area contributed by atoms with Gasteiger partial charge in [0.15, 0.2) is 0 Å². The van der Waals surface area contributed by atoms with Crippen LogP contribution in [0.25, 0.3) is 0 Å². The Morgan fingerprint density at radius 3 is 2.48 bits per heavy atom. The number of nitrogens with zero attached hydrogens (tertiary/aromatic N) is 1. The first-order valence-corrected chi connectivity index (χ1v) is 7.72.